The first kappa shape index (κ1) is 16.2. The molecule has 21 heavy (non-hydrogen) atoms. The van der Waals surface area contributed by atoms with Gasteiger partial charge in [-0.3, -0.25) is 4.79 Å². The summed E-state index contributed by atoms with van der Waals surface area (Å²) >= 11 is 3.45. The zero-order chi connectivity index (χ0) is 15.4. The lowest BCUT2D eigenvalue weighted by molar-refractivity contribution is 0.377. The van der Waals surface area contributed by atoms with Gasteiger partial charge in [0, 0.05) is 18.6 Å². The minimum Gasteiger partial charge on any atom is -0.366 e. The lowest BCUT2D eigenvalue weighted by Crippen LogP contribution is -2.42. The molecule has 0 atom stereocenters. The van der Waals surface area contributed by atoms with E-state index in [1.54, 1.807) is 12.3 Å². The van der Waals surface area contributed by atoms with Crippen LogP contribution in [-0.4, -0.2) is 28.4 Å². The maximum atomic E-state index is 12.3. The van der Waals surface area contributed by atoms with E-state index in [0.717, 1.165) is 37.9 Å². The SMILES string of the molecule is C=CCn1ncc(N(CC)C2CCC(N)CC2)c(Br)c1=O. The Morgan fingerprint density at radius 3 is 2.76 bits per heavy atom. The maximum Gasteiger partial charge on any atom is 0.283 e. The highest BCUT2D eigenvalue weighted by atomic mass is 79.9. The second-order valence-corrected chi connectivity index (χ2v) is 6.27. The fourth-order valence-electron chi connectivity index (χ4n) is 2.95. The molecule has 0 spiro atoms. The number of allylic oxidation sites excluding steroid dienone is 1. The number of aromatic nitrogens is 2. The minimum atomic E-state index is -0.113. The van der Waals surface area contributed by atoms with Gasteiger partial charge in [0.15, 0.2) is 0 Å². The van der Waals surface area contributed by atoms with Gasteiger partial charge in [-0.15, -0.1) is 6.58 Å². The van der Waals surface area contributed by atoms with Gasteiger partial charge in [-0.1, -0.05) is 6.08 Å². The van der Waals surface area contributed by atoms with Crippen molar-refractivity contribution in [2.24, 2.45) is 5.73 Å². The number of halogens is 1. The lowest BCUT2D eigenvalue weighted by Gasteiger charge is -2.37. The number of rotatable bonds is 5. The Labute approximate surface area is 133 Å². The molecule has 0 saturated heterocycles. The largest absolute Gasteiger partial charge is 0.366 e. The molecule has 0 amide bonds. The number of nitrogens with two attached hydrogens (primary N) is 1. The summed E-state index contributed by atoms with van der Waals surface area (Å²) in [6, 6.07) is 0.754. The zero-order valence-electron chi connectivity index (χ0n) is 12.5. The Kier molecular flexibility index (Phi) is 5.58. The first-order chi connectivity index (χ1) is 10.1. The van der Waals surface area contributed by atoms with Gasteiger partial charge < -0.3 is 10.6 Å². The molecule has 1 heterocycles. The summed E-state index contributed by atoms with van der Waals surface area (Å²) < 4.78 is 1.99. The van der Waals surface area contributed by atoms with Crippen molar-refractivity contribution in [1.82, 2.24) is 9.78 Å². The summed E-state index contributed by atoms with van der Waals surface area (Å²) in [7, 11) is 0. The third-order valence-corrected chi connectivity index (χ3v) is 4.85. The predicted octanol–water partition coefficient (Wildman–Crippen LogP) is 2.29. The van der Waals surface area contributed by atoms with Crippen LogP contribution < -0.4 is 16.2 Å². The fourth-order valence-corrected chi connectivity index (χ4v) is 3.48. The van der Waals surface area contributed by atoms with E-state index in [9.17, 15) is 4.79 Å². The van der Waals surface area contributed by atoms with Crippen LogP contribution in [0.15, 0.2) is 28.1 Å². The number of nitrogens with zero attached hydrogens (tertiary/aromatic N) is 3. The molecule has 116 valence electrons. The van der Waals surface area contributed by atoms with E-state index in [2.05, 4.69) is 39.4 Å². The molecule has 0 radical (unpaired) electrons. The quantitative estimate of drug-likeness (QED) is 0.824. The van der Waals surface area contributed by atoms with E-state index < -0.39 is 0 Å². The first-order valence-corrected chi connectivity index (χ1v) is 8.26. The Bertz CT molecular complexity index is 549. The third kappa shape index (κ3) is 3.55. The van der Waals surface area contributed by atoms with Gasteiger partial charge in [-0.05, 0) is 48.5 Å². The smallest absolute Gasteiger partial charge is 0.283 e. The lowest BCUT2D eigenvalue weighted by atomic mass is 9.90. The highest BCUT2D eigenvalue weighted by Crippen LogP contribution is 2.29. The van der Waals surface area contributed by atoms with Gasteiger partial charge in [0.2, 0.25) is 0 Å². The van der Waals surface area contributed by atoms with Crippen LogP contribution in [0.25, 0.3) is 0 Å². The molecule has 1 aromatic heterocycles. The fraction of sp³-hybridized carbons (Fsp3) is 0.600. The normalized spacial score (nSPS) is 22.0. The standard InChI is InChI=1S/C15H23BrN4O/c1-3-9-20-15(21)14(16)13(10-18-20)19(4-2)12-7-5-11(17)6-8-12/h3,10-12H,1,4-9,17H2,2H3. The van der Waals surface area contributed by atoms with Crippen LogP contribution >= 0.6 is 15.9 Å². The summed E-state index contributed by atoms with van der Waals surface area (Å²) in [5.74, 6) is 0. The van der Waals surface area contributed by atoms with Crippen LogP contribution in [0.5, 0.6) is 0 Å². The molecule has 0 aromatic carbocycles. The summed E-state index contributed by atoms with van der Waals surface area (Å²) in [6.45, 7) is 7.02. The van der Waals surface area contributed by atoms with Gasteiger partial charge in [0.25, 0.3) is 5.56 Å². The number of hydrogen-bond donors (Lipinski definition) is 1. The molecule has 1 fully saturated rings. The van der Waals surface area contributed by atoms with Crippen LogP contribution in [0.2, 0.25) is 0 Å². The maximum absolute atomic E-state index is 12.3. The predicted molar refractivity (Wildman–Crippen MR) is 89.6 cm³/mol. The van der Waals surface area contributed by atoms with Crippen molar-refractivity contribution in [3.05, 3.63) is 33.7 Å². The Morgan fingerprint density at radius 1 is 1.52 bits per heavy atom. The Balaban J connectivity index is 2.28. The van der Waals surface area contributed by atoms with Gasteiger partial charge in [0.05, 0.1) is 18.4 Å². The van der Waals surface area contributed by atoms with E-state index >= 15 is 0 Å². The van der Waals surface area contributed by atoms with Crippen molar-refractivity contribution >= 4 is 21.6 Å². The minimum absolute atomic E-state index is 0.113. The van der Waals surface area contributed by atoms with Gasteiger partial charge in [-0.25, -0.2) is 4.68 Å². The van der Waals surface area contributed by atoms with Crippen molar-refractivity contribution in [1.29, 1.82) is 0 Å². The van der Waals surface area contributed by atoms with Crippen molar-refractivity contribution in [3.8, 4) is 0 Å². The van der Waals surface area contributed by atoms with Crippen molar-refractivity contribution < 1.29 is 0 Å². The summed E-state index contributed by atoms with van der Waals surface area (Å²) in [5, 5.41) is 4.24. The van der Waals surface area contributed by atoms with Crippen LogP contribution in [0, 0.1) is 0 Å². The molecule has 0 unspecified atom stereocenters. The van der Waals surface area contributed by atoms with Crippen LogP contribution in [0.4, 0.5) is 5.69 Å². The van der Waals surface area contributed by atoms with Crippen LogP contribution in [0.3, 0.4) is 0 Å². The highest BCUT2D eigenvalue weighted by molar-refractivity contribution is 9.10. The van der Waals surface area contributed by atoms with E-state index in [0.29, 0.717) is 23.1 Å². The van der Waals surface area contributed by atoms with Gasteiger partial charge in [-0.2, -0.15) is 5.10 Å². The second kappa shape index (κ2) is 7.22. The van der Waals surface area contributed by atoms with Gasteiger partial charge >= 0.3 is 0 Å². The molecule has 1 aliphatic carbocycles. The summed E-state index contributed by atoms with van der Waals surface area (Å²) in [4.78, 5) is 14.6. The van der Waals surface area contributed by atoms with E-state index in [1.165, 1.54) is 4.68 Å². The average Bonchev–Trinajstić information content (AvgIpc) is 2.49. The molecule has 5 nitrogen and oxygen atoms in total. The molecular weight excluding hydrogens is 332 g/mol. The Morgan fingerprint density at radius 2 is 2.19 bits per heavy atom. The molecule has 1 aromatic rings. The first-order valence-electron chi connectivity index (χ1n) is 7.47. The monoisotopic (exact) mass is 354 g/mol. The third-order valence-electron chi connectivity index (χ3n) is 4.10. The molecule has 1 aliphatic rings. The molecule has 2 rings (SSSR count). The highest BCUT2D eigenvalue weighted by Gasteiger charge is 2.25. The molecule has 6 heteroatoms. The molecule has 0 bridgehead atoms. The molecule has 2 N–H and O–H groups in total. The second-order valence-electron chi connectivity index (χ2n) is 5.47. The van der Waals surface area contributed by atoms with Crippen LogP contribution in [-0.2, 0) is 6.54 Å². The summed E-state index contributed by atoms with van der Waals surface area (Å²) in [6.07, 6.45) is 7.65. The molecule has 1 saturated carbocycles. The molecule has 0 aliphatic heterocycles. The van der Waals surface area contributed by atoms with Crippen molar-refractivity contribution in [2.75, 3.05) is 11.4 Å². The van der Waals surface area contributed by atoms with E-state index in [-0.39, 0.29) is 5.56 Å². The topological polar surface area (TPSA) is 64.2 Å². The number of anilines is 1. The Hall–Kier alpha value is -1.14. The van der Waals surface area contributed by atoms with Gasteiger partial charge in [0.1, 0.15) is 4.47 Å². The van der Waals surface area contributed by atoms with Crippen LogP contribution in [0.1, 0.15) is 32.6 Å². The average molecular weight is 355 g/mol. The van der Waals surface area contributed by atoms with E-state index in [4.69, 9.17) is 5.73 Å². The summed E-state index contributed by atoms with van der Waals surface area (Å²) in [5.41, 5.74) is 6.75. The van der Waals surface area contributed by atoms with Crippen molar-refractivity contribution in [2.45, 2.75) is 51.2 Å². The zero-order valence-corrected chi connectivity index (χ0v) is 14.1. The number of hydrogen-bond acceptors (Lipinski definition) is 4. The molecular formula is C15H23BrN4O. The van der Waals surface area contributed by atoms with Crippen molar-refractivity contribution in [3.63, 3.8) is 0 Å². The van der Waals surface area contributed by atoms with E-state index in [1.807, 2.05) is 0 Å².